The van der Waals surface area contributed by atoms with E-state index in [0.29, 0.717) is 31.9 Å². The van der Waals surface area contributed by atoms with Crippen LogP contribution in [0.25, 0.3) is 0 Å². The lowest BCUT2D eigenvalue weighted by molar-refractivity contribution is -0.121. The molecule has 3 N–H and O–H groups in total. The Bertz CT molecular complexity index is 859. The smallest absolute Gasteiger partial charge is 0.273 e. The minimum Gasteiger partial charge on any atom is -0.491 e. The van der Waals surface area contributed by atoms with Crippen molar-refractivity contribution in [3.8, 4) is 5.75 Å². The summed E-state index contributed by atoms with van der Waals surface area (Å²) in [5.74, 6) is 0.748. The van der Waals surface area contributed by atoms with Gasteiger partial charge in [-0.1, -0.05) is 18.2 Å². The maximum absolute atomic E-state index is 13.1. The molecule has 0 radical (unpaired) electrons. The first-order valence-corrected chi connectivity index (χ1v) is 10.3. The predicted molar refractivity (Wildman–Crippen MR) is 114 cm³/mol. The molecule has 1 aromatic carbocycles. The molecule has 8 nitrogen and oxygen atoms in total. The van der Waals surface area contributed by atoms with Gasteiger partial charge in [-0.2, -0.15) is 0 Å². The van der Waals surface area contributed by atoms with Crippen molar-refractivity contribution in [3.63, 3.8) is 0 Å². The highest BCUT2D eigenvalue weighted by atomic mass is 16.5. The maximum Gasteiger partial charge on any atom is 0.273 e. The van der Waals surface area contributed by atoms with Crippen molar-refractivity contribution < 1.29 is 19.4 Å². The molecule has 2 aromatic rings. The largest absolute Gasteiger partial charge is 0.491 e. The number of pyridine rings is 1. The van der Waals surface area contributed by atoms with Gasteiger partial charge in [0.25, 0.3) is 5.91 Å². The number of carbonyl (C=O) groups is 2. The Morgan fingerprint density at radius 1 is 1.17 bits per heavy atom. The maximum atomic E-state index is 13.1. The van der Waals surface area contributed by atoms with E-state index < -0.39 is 0 Å². The van der Waals surface area contributed by atoms with Crippen LogP contribution in [0.2, 0.25) is 0 Å². The highest BCUT2D eigenvalue weighted by Gasteiger charge is 2.20. The molecule has 0 unspecified atom stereocenters. The van der Waals surface area contributed by atoms with E-state index in [2.05, 4.69) is 15.6 Å². The molecule has 0 spiro atoms. The highest BCUT2D eigenvalue weighted by molar-refractivity contribution is 5.95. The van der Waals surface area contributed by atoms with Crippen LogP contribution in [-0.4, -0.2) is 59.7 Å². The summed E-state index contributed by atoms with van der Waals surface area (Å²) in [7, 11) is 0. The molecule has 0 saturated carbocycles. The molecule has 1 aliphatic heterocycles. The molecule has 0 atom stereocenters. The standard InChI is InChI=1S/C22H28N4O4/c27-14-7-12-23-21(28)16-26-13-4-1-5-15-30-19-10-3-2-8-17(19)24-20-11-6-9-18(25-20)22(26)29/h2-3,6,8-11,27H,1,4-5,7,12-16H2,(H,23,28)(H,24,25). The van der Waals surface area contributed by atoms with Crippen molar-refractivity contribution in [1.29, 1.82) is 0 Å². The molecule has 0 aliphatic carbocycles. The van der Waals surface area contributed by atoms with Crippen molar-refractivity contribution in [2.45, 2.75) is 25.7 Å². The first-order chi connectivity index (χ1) is 14.7. The van der Waals surface area contributed by atoms with Gasteiger partial charge in [0.1, 0.15) is 17.3 Å². The van der Waals surface area contributed by atoms with Crippen molar-refractivity contribution in [3.05, 3.63) is 48.2 Å². The van der Waals surface area contributed by atoms with E-state index in [1.165, 1.54) is 4.90 Å². The average Bonchev–Trinajstić information content (AvgIpc) is 2.75. The SMILES string of the molecule is O=C(CN1CCCCCOc2ccccc2Nc2cccc(n2)C1=O)NCCCO. The molecule has 0 fully saturated rings. The second-order valence-corrected chi connectivity index (χ2v) is 7.09. The zero-order valence-corrected chi connectivity index (χ0v) is 17.0. The minimum absolute atomic E-state index is 0.0117. The fourth-order valence-corrected chi connectivity index (χ4v) is 3.17. The van der Waals surface area contributed by atoms with Crippen molar-refractivity contribution in [1.82, 2.24) is 15.2 Å². The summed E-state index contributed by atoms with van der Waals surface area (Å²) in [5, 5.41) is 14.8. The van der Waals surface area contributed by atoms with Crippen LogP contribution in [0, 0.1) is 0 Å². The van der Waals surface area contributed by atoms with E-state index in [-0.39, 0.29) is 30.7 Å². The van der Waals surface area contributed by atoms with Gasteiger partial charge in [0, 0.05) is 19.7 Å². The molecule has 2 amide bonds. The van der Waals surface area contributed by atoms with Crippen molar-refractivity contribution in [2.24, 2.45) is 0 Å². The number of aliphatic hydroxyl groups excluding tert-OH is 1. The number of aromatic nitrogens is 1. The highest BCUT2D eigenvalue weighted by Crippen LogP contribution is 2.27. The number of ether oxygens (including phenoxy) is 1. The van der Waals surface area contributed by atoms with Gasteiger partial charge in [-0.15, -0.1) is 0 Å². The molecule has 8 heteroatoms. The van der Waals surface area contributed by atoms with Crippen LogP contribution in [0.1, 0.15) is 36.2 Å². The number of nitrogens with one attached hydrogen (secondary N) is 2. The van der Waals surface area contributed by atoms with Crippen molar-refractivity contribution in [2.75, 3.05) is 38.2 Å². The topological polar surface area (TPSA) is 104 Å². The summed E-state index contributed by atoms with van der Waals surface area (Å²) in [6.07, 6.45) is 2.97. The first-order valence-electron chi connectivity index (χ1n) is 10.3. The van der Waals surface area contributed by atoms with Crippen LogP contribution in [0.15, 0.2) is 42.5 Å². The Morgan fingerprint density at radius 3 is 2.90 bits per heavy atom. The number of fused-ring (bicyclic) bond motifs is 3. The van der Waals surface area contributed by atoms with Crippen LogP contribution >= 0.6 is 0 Å². The van der Waals surface area contributed by atoms with Gasteiger partial charge in [-0.05, 0) is 49.9 Å². The third kappa shape index (κ3) is 6.18. The Hall–Kier alpha value is -3.13. The lowest BCUT2D eigenvalue weighted by Gasteiger charge is -2.23. The van der Waals surface area contributed by atoms with Crippen LogP contribution < -0.4 is 15.4 Å². The van der Waals surface area contributed by atoms with Gasteiger partial charge in [0.15, 0.2) is 0 Å². The van der Waals surface area contributed by atoms with E-state index in [4.69, 9.17) is 9.84 Å². The predicted octanol–water partition coefficient (Wildman–Crippen LogP) is 2.33. The zero-order valence-electron chi connectivity index (χ0n) is 17.0. The summed E-state index contributed by atoms with van der Waals surface area (Å²) in [6, 6.07) is 12.8. The number of carbonyl (C=O) groups excluding carboxylic acids is 2. The molecule has 1 aromatic heterocycles. The molecule has 2 heterocycles. The van der Waals surface area contributed by atoms with Gasteiger partial charge < -0.3 is 25.4 Å². The Kier molecular flexibility index (Phi) is 8.02. The average molecular weight is 412 g/mol. The van der Waals surface area contributed by atoms with Gasteiger partial charge in [0.2, 0.25) is 5.91 Å². The second-order valence-electron chi connectivity index (χ2n) is 7.09. The number of hydrogen-bond acceptors (Lipinski definition) is 6. The van der Waals surface area contributed by atoms with Gasteiger partial charge >= 0.3 is 0 Å². The third-order valence-corrected chi connectivity index (χ3v) is 4.73. The molecular formula is C22H28N4O4. The number of anilines is 2. The Labute approximate surface area is 176 Å². The summed E-state index contributed by atoms with van der Waals surface area (Å²) in [4.78, 5) is 31.3. The van der Waals surface area contributed by atoms with E-state index in [9.17, 15) is 9.59 Å². The lowest BCUT2D eigenvalue weighted by atomic mass is 10.2. The lowest BCUT2D eigenvalue weighted by Crippen LogP contribution is -2.42. The van der Waals surface area contributed by atoms with E-state index >= 15 is 0 Å². The summed E-state index contributed by atoms with van der Waals surface area (Å²) >= 11 is 0. The third-order valence-electron chi connectivity index (χ3n) is 4.73. The van der Waals surface area contributed by atoms with E-state index in [0.717, 1.165) is 30.7 Å². The molecule has 1 aliphatic rings. The Morgan fingerprint density at radius 2 is 2.03 bits per heavy atom. The quantitative estimate of drug-likeness (QED) is 0.651. The first kappa shape index (κ1) is 21.6. The van der Waals surface area contributed by atoms with Gasteiger partial charge in [0.05, 0.1) is 18.8 Å². The number of rotatable bonds is 5. The fourth-order valence-electron chi connectivity index (χ4n) is 3.17. The molecule has 3 rings (SSSR count). The normalized spacial score (nSPS) is 14.7. The Balaban J connectivity index is 1.80. The number of hydrogen-bond donors (Lipinski definition) is 3. The van der Waals surface area contributed by atoms with E-state index in [1.54, 1.807) is 18.2 Å². The number of amides is 2. The van der Waals surface area contributed by atoms with Crippen LogP contribution in [0.4, 0.5) is 11.5 Å². The molecule has 2 bridgehead atoms. The van der Waals surface area contributed by atoms with Crippen LogP contribution in [0.5, 0.6) is 5.75 Å². The van der Waals surface area contributed by atoms with Gasteiger partial charge in [-0.3, -0.25) is 9.59 Å². The summed E-state index contributed by atoms with van der Waals surface area (Å²) in [6.45, 7) is 1.39. The number of benzene rings is 1. The fraction of sp³-hybridized carbons (Fsp3) is 0.409. The van der Waals surface area contributed by atoms with Crippen LogP contribution in [0.3, 0.4) is 0 Å². The number of aliphatic hydroxyl groups is 1. The molecular weight excluding hydrogens is 384 g/mol. The minimum atomic E-state index is -0.280. The number of para-hydroxylation sites is 2. The summed E-state index contributed by atoms with van der Waals surface area (Å²) in [5.41, 5.74) is 1.06. The molecule has 160 valence electrons. The number of nitrogens with zero attached hydrogens (tertiary/aromatic N) is 2. The summed E-state index contributed by atoms with van der Waals surface area (Å²) < 4.78 is 5.92. The van der Waals surface area contributed by atoms with Crippen molar-refractivity contribution >= 4 is 23.3 Å². The second kappa shape index (κ2) is 11.2. The molecule has 30 heavy (non-hydrogen) atoms. The monoisotopic (exact) mass is 412 g/mol. The molecule has 0 saturated heterocycles. The van der Waals surface area contributed by atoms with E-state index in [1.807, 2.05) is 24.3 Å². The zero-order chi connectivity index (χ0) is 21.2. The van der Waals surface area contributed by atoms with Gasteiger partial charge in [-0.25, -0.2) is 4.98 Å². The van der Waals surface area contributed by atoms with Crippen LogP contribution in [-0.2, 0) is 4.79 Å².